The third-order valence-corrected chi connectivity index (χ3v) is 10.2. The number of aliphatic carboxylic acids is 2. The summed E-state index contributed by atoms with van der Waals surface area (Å²) in [6, 6.07) is 0. The van der Waals surface area contributed by atoms with Crippen molar-refractivity contribution in [2.24, 2.45) is 5.92 Å². The minimum atomic E-state index is -5.08. The van der Waals surface area contributed by atoms with E-state index in [4.69, 9.17) is 29.5 Å². The number of hydrogen-bond donors (Lipinski definition) is 2. The number of hydrogen-bond acceptors (Lipinski definition) is 9. The van der Waals surface area contributed by atoms with Crippen molar-refractivity contribution in [2.75, 3.05) is 57.4 Å². The van der Waals surface area contributed by atoms with Crippen LogP contribution in [-0.2, 0) is 36.3 Å². The van der Waals surface area contributed by atoms with Crippen molar-refractivity contribution in [1.29, 1.82) is 0 Å². The molecule has 0 bridgehead atoms. The lowest BCUT2D eigenvalue weighted by atomic mass is 9.79. The number of nitrogens with zero attached hydrogens (tertiary/aromatic N) is 5. The van der Waals surface area contributed by atoms with Gasteiger partial charge < -0.3 is 24.7 Å². The summed E-state index contributed by atoms with van der Waals surface area (Å²) in [6.45, 7) is 7.10. The fourth-order valence-electron chi connectivity index (χ4n) is 5.41. The molecular formula is C25H33F6N5O7S. The van der Waals surface area contributed by atoms with Crippen molar-refractivity contribution in [1.82, 2.24) is 19.2 Å². The van der Waals surface area contributed by atoms with Gasteiger partial charge in [0.25, 0.3) is 0 Å². The molecule has 2 aliphatic carbocycles. The van der Waals surface area contributed by atoms with Crippen molar-refractivity contribution in [3.05, 3.63) is 17.5 Å². The number of ether oxygens (including phenoxy) is 1. The molecule has 0 amide bonds. The Bertz CT molecular complexity index is 1290. The van der Waals surface area contributed by atoms with Crippen LogP contribution in [0.15, 0.2) is 6.20 Å². The molecular weight excluding hydrogens is 628 g/mol. The Kier molecular flexibility index (Phi) is 10.0. The second-order valence-corrected chi connectivity index (χ2v) is 13.7. The highest BCUT2D eigenvalue weighted by atomic mass is 32.2. The maximum absolute atomic E-state index is 13.1. The Balaban J connectivity index is 0.000000265. The summed E-state index contributed by atoms with van der Waals surface area (Å²) < 4.78 is 97.0. The number of anilines is 1. The average Bonchev–Trinajstić information content (AvgIpc) is 3.88. The van der Waals surface area contributed by atoms with E-state index in [1.165, 1.54) is 12.8 Å². The van der Waals surface area contributed by atoms with Crippen LogP contribution in [-0.4, -0.2) is 120 Å². The van der Waals surface area contributed by atoms with E-state index in [0.717, 1.165) is 75.1 Å². The molecule has 1 aromatic rings. The van der Waals surface area contributed by atoms with E-state index >= 15 is 0 Å². The first kappa shape index (κ1) is 34.1. The molecule has 0 radical (unpaired) electrons. The van der Waals surface area contributed by atoms with Crippen molar-refractivity contribution in [2.45, 2.75) is 61.7 Å². The van der Waals surface area contributed by atoms with E-state index in [1.807, 2.05) is 6.20 Å². The molecule has 2 saturated heterocycles. The normalized spacial score (nSPS) is 24.5. The van der Waals surface area contributed by atoms with E-state index in [0.29, 0.717) is 26.3 Å². The Morgan fingerprint density at radius 2 is 1.52 bits per heavy atom. The van der Waals surface area contributed by atoms with Gasteiger partial charge in [-0.3, -0.25) is 0 Å². The Labute approximate surface area is 249 Å². The van der Waals surface area contributed by atoms with Gasteiger partial charge in [-0.1, -0.05) is 0 Å². The van der Waals surface area contributed by atoms with Gasteiger partial charge in [-0.05, 0) is 44.6 Å². The number of rotatable bonds is 5. The number of carboxylic acids is 2. The maximum atomic E-state index is 13.1. The zero-order chi connectivity index (χ0) is 32.5. The lowest BCUT2D eigenvalue weighted by Crippen LogP contribution is -2.51. The van der Waals surface area contributed by atoms with Gasteiger partial charge in [-0.25, -0.2) is 28.0 Å². The summed E-state index contributed by atoms with van der Waals surface area (Å²) >= 11 is 0. The lowest BCUT2D eigenvalue weighted by molar-refractivity contribution is -0.193. The van der Waals surface area contributed by atoms with Gasteiger partial charge >= 0.3 is 24.3 Å². The Hall–Kier alpha value is -2.77. The Morgan fingerprint density at radius 1 is 0.955 bits per heavy atom. The summed E-state index contributed by atoms with van der Waals surface area (Å²) in [7, 11) is -3.22. The monoisotopic (exact) mass is 661 g/mol. The number of sulfonamides is 1. The van der Waals surface area contributed by atoms with Gasteiger partial charge in [-0.15, -0.1) is 0 Å². The molecule has 4 heterocycles. The summed E-state index contributed by atoms with van der Waals surface area (Å²) in [4.78, 5) is 32.3. The molecule has 1 atom stereocenters. The van der Waals surface area contributed by atoms with E-state index in [9.17, 15) is 34.8 Å². The zero-order valence-electron chi connectivity index (χ0n) is 23.5. The molecule has 1 unspecified atom stereocenters. The van der Waals surface area contributed by atoms with E-state index in [-0.39, 0.29) is 10.7 Å². The maximum Gasteiger partial charge on any atom is 0.490 e. The quantitative estimate of drug-likeness (QED) is 0.447. The average molecular weight is 662 g/mol. The molecule has 12 nitrogen and oxygen atoms in total. The molecule has 6 rings (SSSR count). The molecule has 19 heteroatoms. The predicted octanol–water partition coefficient (Wildman–Crippen LogP) is 2.24. The summed E-state index contributed by atoms with van der Waals surface area (Å²) in [6.07, 6.45) is -3.01. The molecule has 248 valence electrons. The van der Waals surface area contributed by atoms with Crippen molar-refractivity contribution >= 4 is 27.9 Å². The van der Waals surface area contributed by atoms with Gasteiger partial charge in [0, 0.05) is 56.4 Å². The van der Waals surface area contributed by atoms with Crippen LogP contribution in [0.25, 0.3) is 0 Å². The zero-order valence-corrected chi connectivity index (χ0v) is 24.3. The molecule has 1 aromatic heterocycles. The third kappa shape index (κ3) is 8.48. The van der Waals surface area contributed by atoms with Crippen molar-refractivity contribution in [3.8, 4) is 0 Å². The number of fused-ring (bicyclic) bond motifs is 2. The second kappa shape index (κ2) is 12.9. The predicted molar refractivity (Wildman–Crippen MR) is 140 cm³/mol. The van der Waals surface area contributed by atoms with Crippen LogP contribution in [0.2, 0.25) is 0 Å². The molecule has 2 N–H and O–H groups in total. The smallest absolute Gasteiger partial charge is 0.475 e. The van der Waals surface area contributed by atoms with E-state index in [1.54, 1.807) is 4.31 Å². The van der Waals surface area contributed by atoms with Gasteiger partial charge in [0.15, 0.2) is 0 Å². The van der Waals surface area contributed by atoms with Crippen LogP contribution in [0.5, 0.6) is 0 Å². The first-order valence-electron chi connectivity index (χ1n) is 13.9. The number of likely N-dealkylation sites (tertiary alicyclic amines) is 1. The molecule has 0 aromatic carbocycles. The highest BCUT2D eigenvalue weighted by molar-refractivity contribution is 7.90. The molecule has 5 aliphatic rings. The highest BCUT2D eigenvalue weighted by Gasteiger charge is 2.51. The van der Waals surface area contributed by atoms with Crippen molar-refractivity contribution in [3.63, 3.8) is 0 Å². The van der Waals surface area contributed by atoms with Crippen LogP contribution in [0.4, 0.5) is 32.3 Å². The first-order chi connectivity index (χ1) is 20.4. The van der Waals surface area contributed by atoms with Gasteiger partial charge in [0.2, 0.25) is 16.0 Å². The largest absolute Gasteiger partial charge is 0.490 e. The van der Waals surface area contributed by atoms with Crippen LogP contribution in [0.3, 0.4) is 0 Å². The highest BCUT2D eigenvalue weighted by Crippen LogP contribution is 2.44. The molecule has 3 aliphatic heterocycles. The van der Waals surface area contributed by atoms with Crippen LogP contribution in [0, 0.1) is 5.92 Å². The van der Waals surface area contributed by atoms with Crippen molar-refractivity contribution < 1.29 is 59.3 Å². The van der Waals surface area contributed by atoms with Crippen LogP contribution in [0.1, 0.15) is 43.4 Å². The fourth-order valence-corrected chi connectivity index (χ4v) is 7.30. The molecule has 1 spiro atoms. The van der Waals surface area contributed by atoms with E-state index < -0.39 is 34.3 Å². The number of carbonyl (C=O) groups is 2. The van der Waals surface area contributed by atoms with Crippen LogP contribution >= 0.6 is 0 Å². The van der Waals surface area contributed by atoms with Crippen LogP contribution < -0.4 is 4.90 Å². The lowest BCUT2D eigenvalue weighted by Gasteiger charge is -2.41. The topological polar surface area (TPSA) is 153 Å². The third-order valence-electron chi connectivity index (χ3n) is 7.91. The number of halogens is 6. The molecule has 4 fully saturated rings. The SMILES string of the molecule is O=C(O)C(F)(F)F.O=C(O)C(F)(F)F.O=S(=O)(C1CC1)N1Cc2cnc(N3CCOCC3)nc2C2(CCN(CC3CC3)C2)C1. The second-order valence-electron chi connectivity index (χ2n) is 11.5. The molecule has 44 heavy (non-hydrogen) atoms. The summed E-state index contributed by atoms with van der Waals surface area (Å²) in [5.74, 6) is -3.90. The number of carboxylic acid groups (broad SMARTS) is 2. The summed E-state index contributed by atoms with van der Waals surface area (Å²) in [5.41, 5.74) is 1.88. The van der Waals surface area contributed by atoms with Gasteiger partial charge in [-0.2, -0.15) is 30.6 Å². The first-order valence-corrected chi connectivity index (χ1v) is 15.4. The minimum Gasteiger partial charge on any atom is -0.475 e. The molecule has 2 saturated carbocycles. The summed E-state index contributed by atoms with van der Waals surface area (Å²) in [5, 5.41) is 14.1. The van der Waals surface area contributed by atoms with E-state index in [2.05, 4.69) is 14.8 Å². The standard InChI is InChI=1S/C21H31N5O3S.2C2HF3O2/c27-30(28,18-3-4-18)26-13-17-11-22-20(25-7-9-29-10-8-25)23-19(17)21(15-26)5-6-24(14-21)12-16-1-2-16;2*3-2(4,5)1(6)7/h11,16,18H,1-10,12-15H2;2*(H,6,7). The minimum absolute atomic E-state index is 0.173. The van der Waals surface area contributed by atoms with Gasteiger partial charge in [0.05, 0.1) is 24.2 Å². The fraction of sp³-hybridized carbons (Fsp3) is 0.760. The van der Waals surface area contributed by atoms with Gasteiger partial charge in [0.1, 0.15) is 0 Å². The number of aromatic nitrogens is 2. The number of alkyl halides is 6. The Morgan fingerprint density at radius 3 is 2.02 bits per heavy atom. The number of morpholine rings is 1.